The highest BCUT2D eigenvalue weighted by Gasteiger charge is 2.15. The molecule has 110 valence electrons. The van der Waals surface area contributed by atoms with Crippen molar-refractivity contribution in [1.82, 2.24) is 10.3 Å². The van der Waals surface area contributed by atoms with Gasteiger partial charge in [-0.3, -0.25) is 4.98 Å². The number of morpholine rings is 1. The predicted octanol–water partition coefficient (Wildman–Crippen LogP) is 3.64. The molecule has 0 saturated carbocycles. The zero-order valence-corrected chi connectivity index (χ0v) is 13.0. The van der Waals surface area contributed by atoms with Gasteiger partial charge in [0.15, 0.2) is 0 Å². The Morgan fingerprint density at radius 1 is 1.24 bits per heavy atom. The van der Waals surface area contributed by atoms with E-state index in [2.05, 4.69) is 34.6 Å². The first-order valence-electron chi connectivity index (χ1n) is 6.93. The highest BCUT2D eigenvalue weighted by atomic mass is 35.5. The molecule has 2 heterocycles. The van der Waals surface area contributed by atoms with Crippen molar-refractivity contribution < 1.29 is 4.74 Å². The summed E-state index contributed by atoms with van der Waals surface area (Å²) in [6, 6.07) is 10.1. The molecule has 0 unspecified atom stereocenters. The number of hydrogen-bond acceptors (Lipinski definition) is 3. The Bertz CT molecular complexity index is 610. The van der Waals surface area contributed by atoms with Crippen LogP contribution < -0.4 is 5.32 Å². The molecule has 0 bridgehead atoms. The van der Waals surface area contributed by atoms with Gasteiger partial charge in [-0.15, -0.1) is 0 Å². The van der Waals surface area contributed by atoms with Crippen molar-refractivity contribution in [1.29, 1.82) is 0 Å². The summed E-state index contributed by atoms with van der Waals surface area (Å²) in [6.45, 7) is 2.55. The van der Waals surface area contributed by atoms with Gasteiger partial charge in [0, 0.05) is 25.7 Å². The molecule has 1 aliphatic heterocycles. The van der Waals surface area contributed by atoms with Gasteiger partial charge < -0.3 is 10.1 Å². The number of pyridine rings is 1. The minimum absolute atomic E-state index is 0.144. The number of benzene rings is 1. The van der Waals surface area contributed by atoms with Crippen LogP contribution in [-0.2, 0) is 11.2 Å². The van der Waals surface area contributed by atoms with E-state index in [0.29, 0.717) is 16.5 Å². The molecule has 1 atom stereocenters. The van der Waals surface area contributed by atoms with E-state index in [1.165, 1.54) is 11.1 Å². The first-order chi connectivity index (χ1) is 10.2. The normalized spacial score (nSPS) is 18.7. The van der Waals surface area contributed by atoms with Crippen molar-refractivity contribution in [3.05, 3.63) is 63.4 Å². The number of hydrogen-bond donors (Lipinski definition) is 1. The lowest BCUT2D eigenvalue weighted by molar-refractivity contribution is 0.0277. The molecule has 1 aliphatic rings. The van der Waals surface area contributed by atoms with Crippen molar-refractivity contribution in [2.24, 2.45) is 0 Å². The molecule has 3 rings (SSSR count). The summed E-state index contributed by atoms with van der Waals surface area (Å²) in [5.41, 5.74) is 3.20. The van der Waals surface area contributed by atoms with Gasteiger partial charge in [-0.1, -0.05) is 47.5 Å². The van der Waals surface area contributed by atoms with E-state index in [9.17, 15) is 0 Å². The molecule has 1 aromatic carbocycles. The van der Waals surface area contributed by atoms with Crippen molar-refractivity contribution in [2.45, 2.75) is 12.5 Å². The molecule has 0 amide bonds. The van der Waals surface area contributed by atoms with Crippen molar-refractivity contribution in [3.8, 4) is 0 Å². The van der Waals surface area contributed by atoms with Crippen LogP contribution in [0.2, 0.25) is 10.0 Å². The maximum Gasteiger partial charge on any atom is 0.0949 e. The lowest BCUT2D eigenvalue weighted by Crippen LogP contribution is -2.33. The molecule has 5 heteroatoms. The number of halogens is 2. The number of ether oxygens (including phenoxy) is 1. The van der Waals surface area contributed by atoms with Crippen LogP contribution in [0, 0.1) is 0 Å². The van der Waals surface area contributed by atoms with Crippen LogP contribution in [0.25, 0.3) is 0 Å². The SMILES string of the molecule is Clc1cnc(Cc2ccc([C@H]3CNCCO3)cc2)c(Cl)c1. The second-order valence-electron chi connectivity index (χ2n) is 5.06. The third-order valence-electron chi connectivity index (χ3n) is 3.53. The summed E-state index contributed by atoms with van der Waals surface area (Å²) in [5.74, 6) is 0. The van der Waals surface area contributed by atoms with Gasteiger partial charge >= 0.3 is 0 Å². The number of nitrogens with one attached hydrogen (secondary N) is 1. The molecular formula is C16H16Cl2N2O. The van der Waals surface area contributed by atoms with Crippen LogP contribution in [0.5, 0.6) is 0 Å². The lowest BCUT2D eigenvalue weighted by Gasteiger charge is -2.24. The maximum absolute atomic E-state index is 6.16. The Balaban J connectivity index is 1.71. The van der Waals surface area contributed by atoms with Gasteiger partial charge in [0.25, 0.3) is 0 Å². The Morgan fingerprint density at radius 3 is 2.71 bits per heavy atom. The summed E-state index contributed by atoms with van der Waals surface area (Å²) in [4.78, 5) is 4.29. The van der Waals surface area contributed by atoms with Crippen LogP contribution in [0.1, 0.15) is 22.9 Å². The van der Waals surface area contributed by atoms with E-state index in [4.69, 9.17) is 27.9 Å². The second-order valence-corrected chi connectivity index (χ2v) is 5.91. The second kappa shape index (κ2) is 6.75. The molecule has 2 aromatic rings. The molecule has 0 radical (unpaired) electrons. The Kier molecular flexibility index (Phi) is 4.76. The number of nitrogens with zero attached hydrogens (tertiary/aromatic N) is 1. The molecule has 3 nitrogen and oxygen atoms in total. The molecule has 1 fully saturated rings. The van der Waals surface area contributed by atoms with E-state index < -0.39 is 0 Å². The monoisotopic (exact) mass is 322 g/mol. The summed E-state index contributed by atoms with van der Waals surface area (Å²) in [6.07, 6.45) is 2.46. The molecule has 0 aliphatic carbocycles. The van der Waals surface area contributed by atoms with Gasteiger partial charge in [-0.05, 0) is 17.2 Å². The smallest absolute Gasteiger partial charge is 0.0949 e. The zero-order chi connectivity index (χ0) is 14.7. The Labute approximate surface area is 134 Å². The summed E-state index contributed by atoms with van der Waals surface area (Å²) in [5, 5.41) is 4.50. The molecule has 1 N–H and O–H groups in total. The van der Waals surface area contributed by atoms with Crippen LogP contribution in [-0.4, -0.2) is 24.7 Å². The van der Waals surface area contributed by atoms with Gasteiger partial charge in [-0.25, -0.2) is 0 Å². The summed E-state index contributed by atoms with van der Waals surface area (Å²) in [7, 11) is 0. The van der Waals surface area contributed by atoms with Gasteiger partial charge in [0.1, 0.15) is 0 Å². The lowest BCUT2D eigenvalue weighted by atomic mass is 10.0. The fraction of sp³-hybridized carbons (Fsp3) is 0.312. The summed E-state index contributed by atoms with van der Waals surface area (Å²) < 4.78 is 5.74. The minimum Gasteiger partial charge on any atom is -0.371 e. The quantitative estimate of drug-likeness (QED) is 0.936. The molecular weight excluding hydrogens is 307 g/mol. The Hall–Kier alpha value is -1.13. The van der Waals surface area contributed by atoms with E-state index >= 15 is 0 Å². The first-order valence-corrected chi connectivity index (χ1v) is 7.69. The van der Waals surface area contributed by atoms with E-state index in [1.54, 1.807) is 12.3 Å². The standard InChI is InChI=1S/C16H16Cl2N2O/c17-13-8-14(18)15(20-9-13)7-11-1-3-12(4-2-11)16-10-19-5-6-21-16/h1-4,8-9,16,19H,5-7,10H2/t16-/m1/s1. The predicted molar refractivity (Wildman–Crippen MR) is 85.1 cm³/mol. The van der Waals surface area contributed by atoms with Gasteiger partial charge in [-0.2, -0.15) is 0 Å². The largest absolute Gasteiger partial charge is 0.371 e. The number of rotatable bonds is 3. The molecule has 21 heavy (non-hydrogen) atoms. The van der Waals surface area contributed by atoms with E-state index in [-0.39, 0.29) is 6.10 Å². The van der Waals surface area contributed by atoms with E-state index in [1.807, 2.05) is 0 Å². The average Bonchev–Trinajstić information content (AvgIpc) is 2.52. The van der Waals surface area contributed by atoms with E-state index in [0.717, 1.165) is 25.4 Å². The minimum atomic E-state index is 0.144. The maximum atomic E-state index is 6.16. The van der Waals surface area contributed by atoms with Crippen LogP contribution in [0.15, 0.2) is 36.5 Å². The first kappa shape index (κ1) is 14.8. The fourth-order valence-corrected chi connectivity index (χ4v) is 2.84. The third kappa shape index (κ3) is 3.74. The molecule has 1 saturated heterocycles. The average molecular weight is 323 g/mol. The summed E-state index contributed by atoms with van der Waals surface area (Å²) >= 11 is 12.0. The number of aromatic nitrogens is 1. The third-order valence-corrected chi connectivity index (χ3v) is 4.07. The Morgan fingerprint density at radius 2 is 2.05 bits per heavy atom. The van der Waals surface area contributed by atoms with Crippen molar-refractivity contribution in [3.63, 3.8) is 0 Å². The van der Waals surface area contributed by atoms with Gasteiger partial charge in [0.05, 0.1) is 28.5 Å². The van der Waals surface area contributed by atoms with Gasteiger partial charge in [0.2, 0.25) is 0 Å². The van der Waals surface area contributed by atoms with Crippen molar-refractivity contribution >= 4 is 23.2 Å². The van der Waals surface area contributed by atoms with Crippen molar-refractivity contribution in [2.75, 3.05) is 19.7 Å². The molecule has 1 aromatic heterocycles. The highest BCUT2D eigenvalue weighted by molar-refractivity contribution is 6.34. The topological polar surface area (TPSA) is 34.2 Å². The van der Waals surface area contributed by atoms with Crippen LogP contribution in [0.3, 0.4) is 0 Å². The highest BCUT2D eigenvalue weighted by Crippen LogP contribution is 2.23. The van der Waals surface area contributed by atoms with Crippen LogP contribution in [0.4, 0.5) is 0 Å². The zero-order valence-electron chi connectivity index (χ0n) is 11.5. The fourth-order valence-electron chi connectivity index (χ4n) is 2.40. The van der Waals surface area contributed by atoms with Crippen LogP contribution >= 0.6 is 23.2 Å². The molecule has 0 spiro atoms.